The fourth-order valence-electron chi connectivity index (χ4n) is 5.39. The Balaban J connectivity index is 1.48. The molecule has 0 atom stereocenters. The van der Waals surface area contributed by atoms with E-state index >= 15 is 0 Å². The molecule has 0 aliphatic carbocycles. The van der Waals surface area contributed by atoms with Crippen molar-refractivity contribution < 1.29 is 9.59 Å². The highest BCUT2D eigenvalue weighted by Gasteiger charge is 2.40. The molecule has 45 heavy (non-hydrogen) atoms. The Morgan fingerprint density at radius 3 is 2.00 bits per heavy atom. The van der Waals surface area contributed by atoms with Crippen molar-refractivity contribution in [2.75, 3.05) is 11.9 Å². The standard InChI is InChI=1S/C37H34N4O2S2/c1-4-38-31-21-20-30(25(2)42)22-32(31)39-37-41(24-28-16-10-6-11-17-28)35(43)34(45-37)36-40(23-27-14-8-5-9-15-27)33(26(3)44-36)29-18-12-7-13-19-29/h5-22,38H,4,23-24H2,1-3H3. The summed E-state index contributed by atoms with van der Waals surface area (Å²) in [5.41, 5.74) is 6.39. The van der Waals surface area contributed by atoms with E-state index in [0.29, 0.717) is 41.0 Å². The number of nitrogens with one attached hydrogen (secondary N) is 1. The number of ketones is 1. The second-order valence-electron chi connectivity index (χ2n) is 10.8. The van der Waals surface area contributed by atoms with Crippen LogP contribution in [0.1, 0.15) is 47.8 Å². The van der Waals surface area contributed by atoms with Crippen LogP contribution in [0.4, 0.5) is 11.4 Å². The number of allylic oxidation sites excluding steroid dienone is 1. The van der Waals surface area contributed by atoms with Crippen LogP contribution in [0.2, 0.25) is 0 Å². The molecule has 1 N–H and O–H groups in total. The fourth-order valence-corrected chi connectivity index (χ4v) is 7.68. The van der Waals surface area contributed by atoms with E-state index in [9.17, 15) is 9.59 Å². The minimum absolute atomic E-state index is 0.0347. The Bertz CT molecular complexity index is 1820. The highest BCUT2D eigenvalue weighted by atomic mass is 32.2. The Kier molecular flexibility index (Phi) is 9.23. The first-order chi connectivity index (χ1) is 21.9. The summed E-state index contributed by atoms with van der Waals surface area (Å²) in [5, 5.41) is 4.84. The Morgan fingerprint density at radius 1 is 0.800 bits per heavy atom. The fraction of sp³-hybridized carbons (Fsp3) is 0.162. The molecule has 2 aliphatic heterocycles. The SMILES string of the molecule is CCNc1ccc(C(C)=O)cc1N=C1SC(=C2SC(C)=C(c3ccccc3)N2Cc2ccccc2)C(=O)N1Cc1ccccc1. The highest BCUT2D eigenvalue weighted by Crippen LogP contribution is 2.51. The van der Waals surface area contributed by atoms with Gasteiger partial charge in [-0.05, 0) is 67.4 Å². The molecule has 2 heterocycles. The van der Waals surface area contributed by atoms with Crippen molar-refractivity contribution in [1.29, 1.82) is 0 Å². The molecule has 226 valence electrons. The van der Waals surface area contributed by atoms with Crippen molar-refractivity contribution in [3.63, 3.8) is 0 Å². The summed E-state index contributed by atoms with van der Waals surface area (Å²) in [6.07, 6.45) is 0. The zero-order valence-electron chi connectivity index (χ0n) is 25.5. The largest absolute Gasteiger partial charge is 0.384 e. The maximum absolute atomic E-state index is 14.5. The highest BCUT2D eigenvalue weighted by molar-refractivity contribution is 8.19. The molecule has 0 spiro atoms. The lowest BCUT2D eigenvalue weighted by Crippen LogP contribution is -2.29. The van der Waals surface area contributed by atoms with Gasteiger partial charge in [0, 0.05) is 23.6 Å². The predicted molar refractivity (Wildman–Crippen MR) is 188 cm³/mol. The molecule has 1 fully saturated rings. The van der Waals surface area contributed by atoms with Crippen LogP contribution in [0.5, 0.6) is 0 Å². The van der Waals surface area contributed by atoms with Crippen molar-refractivity contribution in [3.8, 4) is 0 Å². The molecule has 0 saturated carbocycles. The van der Waals surface area contributed by atoms with Gasteiger partial charge in [0.25, 0.3) is 5.91 Å². The molecule has 0 aromatic heterocycles. The summed E-state index contributed by atoms with van der Waals surface area (Å²) >= 11 is 3.03. The molecule has 2 aliphatic rings. The van der Waals surface area contributed by atoms with E-state index in [0.717, 1.165) is 38.0 Å². The van der Waals surface area contributed by atoms with Crippen molar-refractivity contribution in [1.82, 2.24) is 9.80 Å². The van der Waals surface area contributed by atoms with E-state index in [1.807, 2.05) is 85.8 Å². The number of amides is 1. The quantitative estimate of drug-likeness (QED) is 0.147. The van der Waals surface area contributed by atoms with Crippen LogP contribution in [-0.2, 0) is 17.9 Å². The number of hydrogen-bond donors (Lipinski definition) is 1. The molecule has 1 saturated heterocycles. The minimum Gasteiger partial charge on any atom is -0.384 e. The molecule has 4 aromatic rings. The number of Topliss-reactive ketones (excluding diaryl/α,β-unsaturated/α-hetero) is 1. The number of carbonyl (C=O) groups excluding carboxylic acids is 2. The zero-order valence-corrected chi connectivity index (χ0v) is 27.1. The van der Waals surface area contributed by atoms with Crippen molar-refractivity contribution in [3.05, 3.63) is 146 Å². The number of hydrogen-bond acceptors (Lipinski definition) is 7. The van der Waals surface area contributed by atoms with Crippen LogP contribution in [0.15, 0.2) is 129 Å². The van der Waals surface area contributed by atoms with Gasteiger partial charge < -0.3 is 10.2 Å². The maximum Gasteiger partial charge on any atom is 0.269 e. The monoisotopic (exact) mass is 630 g/mol. The van der Waals surface area contributed by atoms with Crippen molar-refractivity contribution in [2.45, 2.75) is 33.9 Å². The van der Waals surface area contributed by atoms with Gasteiger partial charge in [-0.25, -0.2) is 4.99 Å². The number of benzene rings is 4. The van der Waals surface area contributed by atoms with E-state index in [4.69, 9.17) is 4.99 Å². The molecule has 8 heteroatoms. The van der Waals surface area contributed by atoms with E-state index in [-0.39, 0.29) is 11.7 Å². The molecule has 6 rings (SSSR count). The Hall–Kier alpha value is -4.53. The third kappa shape index (κ3) is 6.62. The maximum atomic E-state index is 14.5. The molecular weight excluding hydrogens is 597 g/mol. The molecular formula is C37H34N4O2S2. The van der Waals surface area contributed by atoms with Crippen LogP contribution in [0.3, 0.4) is 0 Å². The number of amidine groups is 1. The molecule has 0 bridgehead atoms. The minimum atomic E-state index is -0.0852. The first kappa shape index (κ1) is 30.5. The number of rotatable bonds is 9. The Labute approximate surface area is 272 Å². The molecule has 0 radical (unpaired) electrons. The number of thioether (sulfide) groups is 2. The summed E-state index contributed by atoms with van der Waals surface area (Å²) in [5.74, 6) is -0.120. The van der Waals surface area contributed by atoms with Gasteiger partial charge in [0.1, 0.15) is 9.93 Å². The average Bonchev–Trinajstić information content (AvgIpc) is 3.54. The number of nitrogens with zero attached hydrogens (tertiary/aromatic N) is 3. The first-order valence-electron chi connectivity index (χ1n) is 14.9. The smallest absolute Gasteiger partial charge is 0.269 e. The van der Waals surface area contributed by atoms with Gasteiger partial charge in [-0.3, -0.25) is 14.5 Å². The summed E-state index contributed by atoms with van der Waals surface area (Å²) in [6, 6.07) is 36.2. The third-order valence-electron chi connectivity index (χ3n) is 7.56. The summed E-state index contributed by atoms with van der Waals surface area (Å²) in [7, 11) is 0. The molecule has 4 aromatic carbocycles. The van der Waals surface area contributed by atoms with E-state index in [1.165, 1.54) is 11.8 Å². The summed E-state index contributed by atoms with van der Waals surface area (Å²) < 4.78 is 0. The number of anilines is 1. The van der Waals surface area contributed by atoms with Crippen LogP contribution >= 0.6 is 23.5 Å². The lowest BCUT2D eigenvalue weighted by atomic mass is 10.1. The van der Waals surface area contributed by atoms with Crippen LogP contribution in [-0.4, -0.2) is 33.2 Å². The second kappa shape index (κ2) is 13.6. The first-order valence-corrected chi connectivity index (χ1v) is 16.6. The van der Waals surface area contributed by atoms with Crippen molar-refractivity contribution >= 4 is 57.5 Å². The van der Waals surface area contributed by atoms with E-state index in [2.05, 4.69) is 41.4 Å². The second-order valence-corrected chi connectivity index (χ2v) is 13.0. The lowest BCUT2D eigenvalue weighted by molar-refractivity contribution is -0.122. The lowest BCUT2D eigenvalue weighted by Gasteiger charge is -2.25. The van der Waals surface area contributed by atoms with Gasteiger partial charge in [-0.2, -0.15) is 0 Å². The summed E-state index contributed by atoms with van der Waals surface area (Å²) in [4.78, 5) is 37.6. The van der Waals surface area contributed by atoms with E-state index < -0.39 is 0 Å². The summed E-state index contributed by atoms with van der Waals surface area (Å²) in [6.45, 7) is 7.40. The normalized spacial score (nSPS) is 17.5. The molecule has 0 unspecified atom stereocenters. The van der Waals surface area contributed by atoms with Crippen molar-refractivity contribution in [2.24, 2.45) is 4.99 Å². The zero-order chi connectivity index (χ0) is 31.3. The Morgan fingerprint density at radius 2 is 1.40 bits per heavy atom. The van der Waals surface area contributed by atoms with Gasteiger partial charge in [0.05, 0.1) is 23.6 Å². The van der Waals surface area contributed by atoms with Crippen LogP contribution in [0.25, 0.3) is 5.70 Å². The van der Waals surface area contributed by atoms with Crippen LogP contribution in [0, 0.1) is 0 Å². The van der Waals surface area contributed by atoms with E-state index in [1.54, 1.807) is 29.7 Å². The predicted octanol–water partition coefficient (Wildman–Crippen LogP) is 8.89. The number of carbonyl (C=O) groups is 2. The van der Waals surface area contributed by atoms with Gasteiger partial charge >= 0.3 is 0 Å². The van der Waals surface area contributed by atoms with Gasteiger partial charge in [-0.1, -0.05) is 103 Å². The van der Waals surface area contributed by atoms with Gasteiger partial charge in [-0.15, -0.1) is 0 Å². The van der Waals surface area contributed by atoms with Gasteiger partial charge in [0.2, 0.25) is 0 Å². The molecule has 6 nitrogen and oxygen atoms in total. The number of aliphatic imine (C=N–C) groups is 1. The molecule has 1 amide bonds. The van der Waals surface area contributed by atoms with Gasteiger partial charge in [0.15, 0.2) is 11.0 Å². The van der Waals surface area contributed by atoms with Crippen LogP contribution < -0.4 is 5.32 Å². The average molecular weight is 631 g/mol. The third-order valence-corrected chi connectivity index (χ3v) is 9.87. The topological polar surface area (TPSA) is 65.0 Å².